The Bertz CT molecular complexity index is 1140. The van der Waals surface area contributed by atoms with Gasteiger partial charge in [0.15, 0.2) is 0 Å². The second-order valence-electron chi connectivity index (χ2n) is 8.95. The van der Waals surface area contributed by atoms with Crippen molar-refractivity contribution in [1.82, 2.24) is 29.7 Å². The maximum atomic E-state index is 13.9. The Hall–Kier alpha value is -2.72. The van der Waals surface area contributed by atoms with E-state index in [-0.39, 0.29) is 30.2 Å². The van der Waals surface area contributed by atoms with Crippen molar-refractivity contribution in [3.8, 4) is 5.95 Å². The molecule has 2 fully saturated rings. The summed E-state index contributed by atoms with van der Waals surface area (Å²) < 4.78 is 25.9. The number of methoxy groups -OCH3 is 1. The molecule has 184 valence electrons. The normalized spacial score (nSPS) is 19.5. The van der Waals surface area contributed by atoms with E-state index in [1.165, 1.54) is 19.2 Å². The van der Waals surface area contributed by atoms with Crippen LogP contribution in [0.15, 0.2) is 22.7 Å². The highest BCUT2D eigenvalue weighted by Crippen LogP contribution is 2.30. The number of carbonyl (C=O) groups excluding carboxylic acids is 1. The average molecular weight is 493 g/mol. The molecule has 4 heterocycles. The Balaban J connectivity index is 0.00000274. The maximum absolute atomic E-state index is 13.9. The van der Waals surface area contributed by atoms with Crippen LogP contribution < -0.4 is 0 Å². The molecule has 1 atom stereocenters. The van der Waals surface area contributed by atoms with Gasteiger partial charge in [-0.2, -0.15) is 14.8 Å². The number of piperidine rings is 1. The second kappa shape index (κ2) is 10.3. The van der Waals surface area contributed by atoms with Crippen LogP contribution in [0.4, 0.5) is 9.18 Å². The Kier molecular flexibility index (Phi) is 7.37. The summed E-state index contributed by atoms with van der Waals surface area (Å²) >= 11 is 0. The highest BCUT2D eigenvalue weighted by molar-refractivity contribution is 5.85. The molecule has 3 aromatic rings. The molecule has 34 heavy (non-hydrogen) atoms. The van der Waals surface area contributed by atoms with Gasteiger partial charge in [-0.15, -0.1) is 12.4 Å². The highest BCUT2D eigenvalue weighted by Gasteiger charge is 2.31. The van der Waals surface area contributed by atoms with Crippen LogP contribution in [-0.4, -0.2) is 75.6 Å². The number of hydrogen-bond donors (Lipinski definition) is 0. The summed E-state index contributed by atoms with van der Waals surface area (Å²) in [5.41, 5.74) is 1.52. The van der Waals surface area contributed by atoms with Crippen molar-refractivity contribution in [2.45, 2.75) is 38.5 Å². The van der Waals surface area contributed by atoms with Crippen LogP contribution in [0.2, 0.25) is 0 Å². The summed E-state index contributed by atoms with van der Waals surface area (Å²) in [4.78, 5) is 20.6. The van der Waals surface area contributed by atoms with Crippen LogP contribution in [0.1, 0.15) is 43.7 Å². The molecule has 0 unspecified atom stereocenters. The van der Waals surface area contributed by atoms with E-state index in [1.54, 1.807) is 15.6 Å². The fourth-order valence-corrected chi connectivity index (χ4v) is 5.05. The Morgan fingerprint density at radius 2 is 2.03 bits per heavy atom. The molecule has 0 saturated carbocycles. The van der Waals surface area contributed by atoms with E-state index in [1.807, 2.05) is 6.92 Å². The van der Waals surface area contributed by atoms with E-state index in [0.29, 0.717) is 23.3 Å². The SMILES string of the molecule is CCc1nn(-c2noc(C3CCN(C[C@H]4CCN(C(=O)OC)C4)CC3)n2)c2cc(F)ccc12.Cl. The molecule has 0 bridgehead atoms. The van der Waals surface area contributed by atoms with E-state index < -0.39 is 0 Å². The molecule has 0 radical (unpaired) electrons. The zero-order chi connectivity index (χ0) is 22.9. The predicted octanol–water partition coefficient (Wildman–Crippen LogP) is 3.80. The molecule has 1 amide bonds. The summed E-state index contributed by atoms with van der Waals surface area (Å²) in [6.45, 7) is 6.44. The number of hydrogen-bond acceptors (Lipinski definition) is 7. The number of benzene rings is 1. The van der Waals surface area contributed by atoms with Crippen molar-refractivity contribution in [2.24, 2.45) is 5.92 Å². The van der Waals surface area contributed by atoms with Crippen LogP contribution >= 0.6 is 12.4 Å². The minimum atomic E-state index is -0.320. The standard InChI is InChI=1S/C23H29FN6O3.ClH/c1-3-19-18-5-4-17(24)12-20(18)30(26-19)22-25-21(33-27-22)16-7-9-28(10-8-16)13-15-6-11-29(14-15)23(31)32-2;/h4-5,12,15-16H,3,6-11,13-14H2,1-2H3;1H/t15-;/m1./s1. The first kappa shape index (κ1) is 24.4. The summed E-state index contributed by atoms with van der Waals surface area (Å²) in [6, 6.07) is 4.65. The first-order valence-electron chi connectivity index (χ1n) is 11.6. The van der Waals surface area contributed by atoms with Crippen molar-refractivity contribution in [1.29, 1.82) is 0 Å². The molecule has 1 aromatic carbocycles. The minimum Gasteiger partial charge on any atom is -0.453 e. The number of halogens is 2. The van der Waals surface area contributed by atoms with Crippen LogP contribution in [0.5, 0.6) is 0 Å². The van der Waals surface area contributed by atoms with E-state index in [4.69, 9.17) is 9.26 Å². The molecular formula is C23H30ClFN6O3. The van der Waals surface area contributed by atoms with Crippen LogP contribution in [0.25, 0.3) is 16.9 Å². The fourth-order valence-electron chi connectivity index (χ4n) is 5.05. The van der Waals surface area contributed by atoms with E-state index in [2.05, 4.69) is 20.1 Å². The largest absolute Gasteiger partial charge is 0.453 e. The first-order valence-corrected chi connectivity index (χ1v) is 11.6. The zero-order valence-corrected chi connectivity index (χ0v) is 20.3. The third-order valence-corrected chi connectivity index (χ3v) is 6.85. The third-order valence-electron chi connectivity index (χ3n) is 6.85. The summed E-state index contributed by atoms with van der Waals surface area (Å²) in [5, 5.41) is 9.64. The van der Waals surface area contributed by atoms with Crippen molar-refractivity contribution < 1.29 is 18.4 Å². The molecule has 5 rings (SSSR count). The van der Waals surface area contributed by atoms with Gasteiger partial charge in [-0.25, -0.2) is 9.18 Å². The number of carbonyl (C=O) groups is 1. The molecule has 2 aliphatic heterocycles. The lowest BCUT2D eigenvalue weighted by Gasteiger charge is -2.32. The molecular weight excluding hydrogens is 463 g/mol. The first-order chi connectivity index (χ1) is 16.1. The molecule has 9 nitrogen and oxygen atoms in total. The second-order valence-corrected chi connectivity index (χ2v) is 8.95. The van der Waals surface area contributed by atoms with Gasteiger partial charge in [-0.1, -0.05) is 6.92 Å². The lowest BCUT2D eigenvalue weighted by molar-refractivity contribution is 0.128. The summed E-state index contributed by atoms with van der Waals surface area (Å²) in [7, 11) is 1.43. The van der Waals surface area contributed by atoms with Gasteiger partial charge in [0.2, 0.25) is 5.89 Å². The van der Waals surface area contributed by atoms with Crippen molar-refractivity contribution >= 4 is 29.4 Å². The molecule has 0 spiro atoms. The van der Waals surface area contributed by atoms with Gasteiger partial charge in [0, 0.05) is 37.0 Å². The molecule has 11 heteroatoms. The van der Waals surface area contributed by atoms with Crippen LogP contribution in [0.3, 0.4) is 0 Å². The molecule has 0 aliphatic carbocycles. The summed E-state index contributed by atoms with van der Waals surface area (Å²) in [5.74, 6) is 1.31. The van der Waals surface area contributed by atoms with Crippen molar-refractivity contribution in [3.05, 3.63) is 35.6 Å². The smallest absolute Gasteiger partial charge is 0.409 e. The molecule has 2 aromatic heterocycles. The van der Waals surface area contributed by atoms with E-state index in [9.17, 15) is 9.18 Å². The van der Waals surface area contributed by atoms with Gasteiger partial charge < -0.3 is 19.1 Å². The minimum absolute atomic E-state index is 0. The van der Waals surface area contributed by atoms with Gasteiger partial charge in [0.1, 0.15) is 5.82 Å². The van der Waals surface area contributed by atoms with Gasteiger partial charge in [0.25, 0.3) is 5.95 Å². The zero-order valence-electron chi connectivity index (χ0n) is 19.4. The number of nitrogens with zero attached hydrogens (tertiary/aromatic N) is 6. The topological polar surface area (TPSA) is 89.5 Å². The monoisotopic (exact) mass is 492 g/mol. The van der Waals surface area contributed by atoms with E-state index >= 15 is 0 Å². The quantitative estimate of drug-likeness (QED) is 0.535. The number of amides is 1. The highest BCUT2D eigenvalue weighted by atomic mass is 35.5. The lowest BCUT2D eigenvalue weighted by Crippen LogP contribution is -2.37. The number of likely N-dealkylation sites (tertiary alicyclic amines) is 2. The molecule has 2 aliphatic rings. The van der Waals surface area contributed by atoms with Gasteiger partial charge in [-0.05, 0) is 62.0 Å². The number of aromatic nitrogens is 4. The number of rotatable bonds is 5. The van der Waals surface area contributed by atoms with E-state index in [0.717, 1.165) is 69.5 Å². The number of ether oxygens (including phenoxy) is 1. The summed E-state index contributed by atoms with van der Waals surface area (Å²) in [6.07, 6.45) is 3.38. The van der Waals surface area contributed by atoms with Crippen molar-refractivity contribution in [2.75, 3.05) is 39.8 Å². The number of aryl methyl sites for hydroxylation is 1. The Labute approximate surface area is 203 Å². The third kappa shape index (κ3) is 4.74. The molecule has 0 N–H and O–H groups in total. The lowest BCUT2D eigenvalue weighted by atomic mass is 9.95. The van der Waals surface area contributed by atoms with Gasteiger partial charge in [-0.3, -0.25) is 0 Å². The number of fused-ring (bicyclic) bond motifs is 1. The van der Waals surface area contributed by atoms with Crippen LogP contribution in [-0.2, 0) is 11.2 Å². The Morgan fingerprint density at radius 3 is 2.76 bits per heavy atom. The van der Waals surface area contributed by atoms with Gasteiger partial charge >= 0.3 is 6.09 Å². The van der Waals surface area contributed by atoms with Gasteiger partial charge in [0.05, 0.1) is 18.3 Å². The Morgan fingerprint density at radius 1 is 1.24 bits per heavy atom. The van der Waals surface area contributed by atoms with Crippen LogP contribution in [0, 0.1) is 11.7 Å². The predicted molar refractivity (Wildman–Crippen MR) is 126 cm³/mol. The average Bonchev–Trinajstić information content (AvgIpc) is 3.57. The fraction of sp³-hybridized carbons (Fsp3) is 0.565. The maximum Gasteiger partial charge on any atom is 0.409 e. The molecule has 2 saturated heterocycles. The van der Waals surface area contributed by atoms with Crippen molar-refractivity contribution in [3.63, 3.8) is 0 Å².